The molecule has 72 valence electrons. The predicted molar refractivity (Wildman–Crippen MR) is 52.9 cm³/mol. The van der Waals surface area contributed by atoms with Crippen molar-refractivity contribution in [3.05, 3.63) is 17.6 Å². The number of nitrogens with two attached hydrogens (primary N) is 2. The molecule has 0 spiro atoms. The van der Waals surface area contributed by atoms with Gasteiger partial charge in [0.15, 0.2) is 0 Å². The Morgan fingerprint density at radius 1 is 1.46 bits per heavy atom. The first kappa shape index (κ1) is 9.92. The first-order valence-electron chi connectivity index (χ1n) is 4.43. The lowest BCUT2D eigenvalue weighted by Crippen LogP contribution is -2.08. The quantitative estimate of drug-likeness (QED) is 0.718. The summed E-state index contributed by atoms with van der Waals surface area (Å²) in [7, 11) is 0. The second-order valence-corrected chi connectivity index (χ2v) is 3.50. The smallest absolute Gasteiger partial charge is 0.131 e. The number of nitrogen functional groups attached to an aromatic ring is 1. The van der Waals surface area contributed by atoms with Crippen LogP contribution in [0.2, 0.25) is 0 Å². The van der Waals surface area contributed by atoms with E-state index in [0.29, 0.717) is 18.3 Å². The van der Waals surface area contributed by atoms with Crippen LogP contribution in [0.25, 0.3) is 0 Å². The second kappa shape index (κ2) is 4.18. The van der Waals surface area contributed by atoms with E-state index < -0.39 is 0 Å². The van der Waals surface area contributed by atoms with E-state index in [9.17, 15) is 0 Å². The Morgan fingerprint density at radius 3 is 2.62 bits per heavy atom. The summed E-state index contributed by atoms with van der Waals surface area (Å²) >= 11 is 0. The third-order valence-electron chi connectivity index (χ3n) is 1.76. The lowest BCUT2D eigenvalue weighted by atomic mass is 10.1. The van der Waals surface area contributed by atoms with Crippen molar-refractivity contribution < 1.29 is 0 Å². The predicted octanol–water partition coefficient (Wildman–Crippen LogP) is 0.716. The van der Waals surface area contributed by atoms with E-state index in [-0.39, 0.29) is 0 Å². The van der Waals surface area contributed by atoms with Gasteiger partial charge < -0.3 is 11.5 Å². The molecule has 1 aromatic heterocycles. The molecule has 0 aliphatic heterocycles. The van der Waals surface area contributed by atoms with Crippen molar-refractivity contribution in [3.8, 4) is 0 Å². The minimum absolute atomic E-state index is 0.397. The summed E-state index contributed by atoms with van der Waals surface area (Å²) in [5.41, 5.74) is 11.9. The van der Waals surface area contributed by atoms with Crippen LogP contribution in [0, 0.1) is 5.92 Å². The van der Waals surface area contributed by atoms with Gasteiger partial charge in [-0.25, -0.2) is 9.97 Å². The molecule has 0 saturated heterocycles. The first-order valence-corrected chi connectivity index (χ1v) is 4.43. The van der Waals surface area contributed by atoms with Gasteiger partial charge in [0.2, 0.25) is 0 Å². The van der Waals surface area contributed by atoms with Crippen molar-refractivity contribution in [1.82, 2.24) is 9.97 Å². The molecule has 1 heterocycles. The zero-order valence-corrected chi connectivity index (χ0v) is 8.12. The second-order valence-electron chi connectivity index (χ2n) is 3.50. The zero-order chi connectivity index (χ0) is 9.84. The lowest BCUT2D eigenvalue weighted by Gasteiger charge is -2.06. The van der Waals surface area contributed by atoms with Gasteiger partial charge in [0.25, 0.3) is 0 Å². The Hall–Kier alpha value is -1.16. The Morgan fingerprint density at radius 2 is 2.15 bits per heavy atom. The molecule has 0 aliphatic rings. The maximum absolute atomic E-state index is 5.68. The Balaban J connectivity index is 2.83. The van der Waals surface area contributed by atoms with Gasteiger partial charge in [-0.2, -0.15) is 0 Å². The van der Waals surface area contributed by atoms with Crippen molar-refractivity contribution in [2.24, 2.45) is 11.7 Å². The molecule has 1 aromatic rings. The van der Waals surface area contributed by atoms with Gasteiger partial charge >= 0.3 is 0 Å². The Labute approximate surface area is 78.4 Å². The molecule has 13 heavy (non-hydrogen) atoms. The average Bonchev–Trinajstić information content (AvgIpc) is 2.03. The van der Waals surface area contributed by atoms with Gasteiger partial charge in [-0.1, -0.05) is 13.8 Å². The highest BCUT2D eigenvalue weighted by Gasteiger charge is 2.04. The highest BCUT2D eigenvalue weighted by atomic mass is 14.9. The van der Waals surface area contributed by atoms with Crippen molar-refractivity contribution >= 4 is 5.82 Å². The summed E-state index contributed by atoms with van der Waals surface area (Å²) in [5.74, 6) is 1.85. The van der Waals surface area contributed by atoms with Crippen molar-refractivity contribution in [1.29, 1.82) is 0 Å². The molecule has 0 saturated carbocycles. The monoisotopic (exact) mass is 180 g/mol. The van der Waals surface area contributed by atoms with E-state index in [1.807, 2.05) is 0 Å². The summed E-state index contributed by atoms with van der Waals surface area (Å²) in [6, 6.07) is 0. The van der Waals surface area contributed by atoms with Gasteiger partial charge in [0.05, 0.1) is 0 Å². The molecule has 1 rings (SSSR count). The van der Waals surface area contributed by atoms with Gasteiger partial charge in [-0.15, -0.1) is 0 Å². The molecule has 0 unspecified atom stereocenters. The third kappa shape index (κ3) is 2.66. The number of aromatic nitrogens is 2. The average molecular weight is 180 g/mol. The van der Waals surface area contributed by atoms with E-state index in [0.717, 1.165) is 17.8 Å². The fraction of sp³-hybridized carbons (Fsp3) is 0.556. The molecule has 0 aliphatic carbocycles. The largest absolute Gasteiger partial charge is 0.383 e. The normalized spacial score (nSPS) is 10.8. The molecule has 4 heteroatoms. The molecule has 4 N–H and O–H groups in total. The minimum atomic E-state index is 0.397. The number of hydrogen-bond donors (Lipinski definition) is 2. The number of rotatable bonds is 3. The summed E-state index contributed by atoms with van der Waals surface area (Å²) in [4.78, 5) is 8.35. The molecule has 0 aromatic carbocycles. The molecular weight excluding hydrogens is 164 g/mol. The van der Waals surface area contributed by atoms with Crippen LogP contribution in [-0.2, 0) is 13.0 Å². The van der Waals surface area contributed by atoms with Gasteiger partial charge in [-0.05, 0) is 5.92 Å². The minimum Gasteiger partial charge on any atom is -0.383 e. The van der Waals surface area contributed by atoms with Gasteiger partial charge in [-0.3, -0.25) is 0 Å². The van der Waals surface area contributed by atoms with Crippen molar-refractivity contribution in [2.45, 2.75) is 26.8 Å². The van der Waals surface area contributed by atoms with Crippen LogP contribution in [-0.4, -0.2) is 9.97 Å². The molecule has 0 amide bonds. The topological polar surface area (TPSA) is 77.8 Å². The number of hydrogen-bond acceptors (Lipinski definition) is 4. The number of anilines is 1. The fourth-order valence-electron chi connectivity index (χ4n) is 1.08. The Kier molecular flexibility index (Phi) is 3.19. The Bertz CT molecular complexity index is 283. The van der Waals surface area contributed by atoms with E-state index >= 15 is 0 Å². The summed E-state index contributed by atoms with van der Waals surface area (Å²) in [6.45, 7) is 4.64. The summed E-state index contributed by atoms with van der Waals surface area (Å²) in [6.07, 6.45) is 2.56. The third-order valence-corrected chi connectivity index (χ3v) is 1.76. The van der Waals surface area contributed by atoms with Crippen molar-refractivity contribution in [3.63, 3.8) is 0 Å². The van der Waals surface area contributed by atoms with Crippen LogP contribution in [0.1, 0.15) is 25.2 Å². The highest BCUT2D eigenvalue weighted by Crippen LogP contribution is 2.08. The number of nitrogens with zero attached hydrogens (tertiary/aromatic N) is 2. The molecule has 4 nitrogen and oxygen atoms in total. The van der Waals surface area contributed by atoms with E-state index in [2.05, 4.69) is 23.8 Å². The van der Waals surface area contributed by atoms with E-state index in [1.54, 1.807) is 6.20 Å². The van der Waals surface area contributed by atoms with Crippen LogP contribution >= 0.6 is 0 Å². The van der Waals surface area contributed by atoms with Crippen molar-refractivity contribution in [2.75, 3.05) is 5.73 Å². The molecule has 0 fully saturated rings. The van der Waals surface area contributed by atoms with Crippen LogP contribution in [0.3, 0.4) is 0 Å². The van der Waals surface area contributed by atoms with Crippen LogP contribution in [0.15, 0.2) is 6.20 Å². The zero-order valence-electron chi connectivity index (χ0n) is 8.12. The van der Waals surface area contributed by atoms with E-state index in [4.69, 9.17) is 11.5 Å². The van der Waals surface area contributed by atoms with Gasteiger partial charge in [0, 0.05) is 24.7 Å². The van der Waals surface area contributed by atoms with Crippen LogP contribution in [0.4, 0.5) is 5.82 Å². The van der Waals surface area contributed by atoms with Gasteiger partial charge in [0.1, 0.15) is 11.6 Å². The fourth-order valence-corrected chi connectivity index (χ4v) is 1.08. The molecule has 0 atom stereocenters. The van der Waals surface area contributed by atoms with E-state index in [1.165, 1.54) is 0 Å². The lowest BCUT2D eigenvalue weighted by molar-refractivity contribution is 0.620. The molecular formula is C9H16N4. The van der Waals surface area contributed by atoms with Crippen LogP contribution in [0.5, 0.6) is 0 Å². The summed E-state index contributed by atoms with van der Waals surface area (Å²) in [5, 5.41) is 0. The molecule has 0 radical (unpaired) electrons. The SMILES string of the molecule is CC(C)Cc1ncc(CN)c(N)n1. The van der Waals surface area contributed by atoms with Crippen LogP contribution < -0.4 is 11.5 Å². The highest BCUT2D eigenvalue weighted by molar-refractivity contribution is 5.37. The summed E-state index contributed by atoms with van der Waals surface area (Å²) < 4.78 is 0. The molecule has 0 bridgehead atoms. The standard InChI is InChI=1S/C9H16N4/c1-6(2)3-8-12-5-7(4-10)9(11)13-8/h5-6H,3-4,10H2,1-2H3,(H2,11,12,13). The first-order chi connectivity index (χ1) is 6.13. The maximum atomic E-state index is 5.68. The maximum Gasteiger partial charge on any atom is 0.131 e.